The zero-order chi connectivity index (χ0) is 8.60. The van der Waals surface area contributed by atoms with Crippen LogP contribution in [0.2, 0.25) is 0 Å². The molecular formula is C10H12O2. The Bertz CT molecular complexity index is 270. The molecule has 12 heavy (non-hydrogen) atoms. The molecule has 0 spiro atoms. The topological polar surface area (TPSA) is 29.5 Å². The average Bonchev–Trinajstić information content (AvgIpc) is 2.81. The Labute approximate surface area is 71.8 Å². The summed E-state index contributed by atoms with van der Waals surface area (Å²) < 4.78 is 4.97. The van der Waals surface area contributed by atoms with Crippen LogP contribution in [-0.4, -0.2) is 18.0 Å². The summed E-state index contributed by atoms with van der Waals surface area (Å²) >= 11 is 0. The second-order valence-electron chi connectivity index (χ2n) is 3.22. The Morgan fingerprint density at radius 1 is 1.42 bits per heavy atom. The van der Waals surface area contributed by atoms with Gasteiger partial charge < -0.3 is 9.84 Å². The molecule has 2 nitrogen and oxygen atoms in total. The fraction of sp³-hybridized carbons (Fsp3) is 0.400. The zero-order valence-electron chi connectivity index (χ0n) is 7.03. The highest BCUT2D eigenvalue weighted by molar-refractivity contribution is 5.28. The van der Waals surface area contributed by atoms with Crippen LogP contribution in [-0.2, 0) is 4.74 Å². The van der Waals surface area contributed by atoms with Crippen molar-refractivity contribution in [1.82, 2.24) is 0 Å². The maximum atomic E-state index is 9.63. The summed E-state index contributed by atoms with van der Waals surface area (Å²) in [6.45, 7) is 0. The summed E-state index contributed by atoms with van der Waals surface area (Å²) in [5, 5.41) is 9.63. The smallest absolute Gasteiger partial charge is 0.172 e. The van der Waals surface area contributed by atoms with Crippen molar-refractivity contribution in [3.8, 4) is 0 Å². The Morgan fingerprint density at radius 3 is 2.58 bits per heavy atom. The van der Waals surface area contributed by atoms with Gasteiger partial charge >= 0.3 is 0 Å². The van der Waals surface area contributed by atoms with Gasteiger partial charge in [-0.2, -0.15) is 0 Å². The maximum absolute atomic E-state index is 9.63. The SMILES string of the molecule is CO[C@]1(O)C[C@H]1c1ccccc1. The van der Waals surface area contributed by atoms with E-state index < -0.39 is 5.79 Å². The van der Waals surface area contributed by atoms with E-state index in [0.717, 1.165) is 5.56 Å². The molecule has 0 aromatic heterocycles. The third-order valence-corrected chi connectivity index (χ3v) is 2.44. The van der Waals surface area contributed by atoms with Gasteiger partial charge in [-0.05, 0) is 5.56 Å². The average molecular weight is 164 g/mol. The van der Waals surface area contributed by atoms with Gasteiger partial charge in [0.25, 0.3) is 0 Å². The summed E-state index contributed by atoms with van der Waals surface area (Å²) in [5.74, 6) is -0.717. The van der Waals surface area contributed by atoms with Gasteiger partial charge in [0.05, 0.1) is 0 Å². The molecule has 1 fully saturated rings. The lowest BCUT2D eigenvalue weighted by atomic mass is 10.1. The highest BCUT2D eigenvalue weighted by atomic mass is 16.6. The first-order chi connectivity index (χ1) is 5.76. The number of benzene rings is 1. The summed E-state index contributed by atoms with van der Waals surface area (Å²) in [6, 6.07) is 9.95. The quantitative estimate of drug-likeness (QED) is 0.671. The molecule has 2 heteroatoms. The molecule has 1 N–H and O–H groups in total. The van der Waals surface area contributed by atoms with Crippen molar-refractivity contribution in [2.45, 2.75) is 18.1 Å². The monoisotopic (exact) mass is 164 g/mol. The van der Waals surface area contributed by atoms with E-state index in [0.29, 0.717) is 6.42 Å². The predicted octanol–water partition coefficient (Wildman–Crippen LogP) is 1.51. The van der Waals surface area contributed by atoms with E-state index in [9.17, 15) is 5.11 Å². The Balaban J connectivity index is 2.16. The fourth-order valence-corrected chi connectivity index (χ4v) is 1.52. The summed E-state index contributed by atoms with van der Waals surface area (Å²) in [7, 11) is 1.54. The molecule has 0 saturated heterocycles. The molecule has 0 bridgehead atoms. The van der Waals surface area contributed by atoms with Crippen molar-refractivity contribution in [3.63, 3.8) is 0 Å². The number of hydrogen-bond donors (Lipinski definition) is 1. The first kappa shape index (κ1) is 7.77. The number of ether oxygens (including phenoxy) is 1. The van der Waals surface area contributed by atoms with E-state index in [2.05, 4.69) is 0 Å². The summed E-state index contributed by atoms with van der Waals surface area (Å²) in [5.41, 5.74) is 1.15. The maximum Gasteiger partial charge on any atom is 0.172 e. The van der Waals surface area contributed by atoms with Crippen LogP contribution in [0.25, 0.3) is 0 Å². The summed E-state index contributed by atoms with van der Waals surface area (Å²) in [6.07, 6.45) is 0.716. The number of rotatable bonds is 2. The lowest BCUT2D eigenvalue weighted by Gasteiger charge is -2.06. The van der Waals surface area contributed by atoms with Crippen molar-refractivity contribution < 1.29 is 9.84 Å². The first-order valence-electron chi connectivity index (χ1n) is 4.09. The molecule has 0 radical (unpaired) electrons. The van der Waals surface area contributed by atoms with Gasteiger partial charge in [0, 0.05) is 19.4 Å². The van der Waals surface area contributed by atoms with Gasteiger partial charge in [0.1, 0.15) is 0 Å². The normalized spacial score (nSPS) is 33.3. The van der Waals surface area contributed by atoms with Crippen molar-refractivity contribution in [1.29, 1.82) is 0 Å². The van der Waals surface area contributed by atoms with Gasteiger partial charge in [0.2, 0.25) is 0 Å². The Morgan fingerprint density at radius 2 is 2.08 bits per heavy atom. The number of methoxy groups -OCH3 is 1. The van der Waals surface area contributed by atoms with Crippen LogP contribution in [0.4, 0.5) is 0 Å². The van der Waals surface area contributed by atoms with Gasteiger partial charge in [-0.3, -0.25) is 0 Å². The van der Waals surface area contributed by atoms with E-state index >= 15 is 0 Å². The molecule has 0 aliphatic heterocycles. The van der Waals surface area contributed by atoms with Gasteiger partial charge in [0.15, 0.2) is 5.79 Å². The van der Waals surface area contributed by atoms with Gasteiger partial charge in [-0.15, -0.1) is 0 Å². The summed E-state index contributed by atoms with van der Waals surface area (Å²) in [4.78, 5) is 0. The fourth-order valence-electron chi connectivity index (χ4n) is 1.52. The van der Waals surface area contributed by atoms with Gasteiger partial charge in [-0.1, -0.05) is 30.3 Å². The second kappa shape index (κ2) is 2.57. The van der Waals surface area contributed by atoms with E-state index in [1.54, 1.807) is 7.11 Å². The number of hydrogen-bond acceptors (Lipinski definition) is 2. The molecule has 1 aliphatic carbocycles. The number of aliphatic hydroxyl groups is 1. The molecule has 64 valence electrons. The van der Waals surface area contributed by atoms with Crippen LogP contribution in [0.5, 0.6) is 0 Å². The van der Waals surface area contributed by atoms with Crippen molar-refractivity contribution in [2.75, 3.05) is 7.11 Å². The highest BCUT2D eigenvalue weighted by Crippen LogP contribution is 2.51. The van der Waals surface area contributed by atoms with E-state index in [1.807, 2.05) is 30.3 Å². The van der Waals surface area contributed by atoms with E-state index in [4.69, 9.17) is 4.74 Å². The van der Waals surface area contributed by atoms with Crippen molar-refractivity contribution in [3.05, 3.63) is 35.9 Å². The predicted molar refractivity (Wildman–Crippen MR) is 45.8 cm³/mol. The molecule has 0 heterocycles. The minimum Gasteiger partial charge on any atom is -0.365 e. The molecular weight excluding hydrogens is 152 g/mol. The molecule has 2 atom stereocenters. The molecule has 1 aromatic rings. The van der Waals surface area contributed by atoms with Crippen LogP contribution in [0, 0.1) is 0 Å². The van der Waals surface area contributed by atoms with Crippen LogP contribution in [0.3, 0.4) is 0 Å². The largest absolute Gasteiger partial charge is 0.365 e. The van der Waals surface area contributed by atoms with E-state index in [1.165, 1.54) is 0 Å². The van der Waals surface area contributed by atoms with Crippen molar-refractivity contribution in [2.24, 2.45) is 0 Å². The van der Waals surface area contributed by atoms with Crippen LogP contribution >= 0.6 is 0 Å². The first-order valence-corrected chi connectivity index (χ1v) is 4.09. The Hall–Kier alpha value is -0.860. The molecule has 1 aromatic carbocycles. The van der Waals surface area contributed by atoms with Gasteiger partial charge in [-0.25, -0.2) is 0 Å². The minimum absolute atomic E-state index is 0.170. The Kier molecular flexibility index (Phi) is 1.67. The van der Waals surface area contributed by atoms with Crippen LogP contribution in [0.15, 0.2) is 30.3 Å². The second-order valence-corrected chi connectivity index (χ2v) is 3.22. The molecule has 1 aliphatic rings. The molecule has 2 rings (SSSR count). The lowest BCUT2D eigenvalue weighted by Crippen LogP contribution is -2.12. The lowest BCUT2D eigenvalue weighted by molar-refractivity contribution is -0.105. The third-order valence-electron chi connectivity index (χ3n) is 2.44. The van der Waals surface area contributed by atoms with Crippen LogP contribution < -0.4 is 0 Å². The molecule has 1 saturated carbocycles. The zero-order valence-corrected chi connectivity index (χ0v) is 7.03. The van der Waals surface area contributed by atoms with Crippen molar-refractivity contribution >= 4 is 0 Å². The third kappa shape index (κ3) is 1.13. The van der Waals surface area contributed by atoms with E-state index in [-0.39, 0.29) is 5.92 Å². The minimum atomic E-state index is -0.888. The molecule has 0 unspecified atom stereocenters. The highest BCUT2D eigenvalue weighted by Gasteiger charge is 2.54. The van der Waals surface area contributed by atoms with Crippen LogP contribution in [0.1, 0.15) is 17.9 Å². The standard InChI is InChI=1S/C10H12O2/c1-12-10(11)7-9(10)8-5-3-2-4-6-8/h2-6,9,11H,7H2,1H3/t9-,10+/m0/s1. The molecule has 0 amide bonds.